The van der Waals surface area contributed by atoms with Crippen molar-refractivity contribution >= 4 is 18.1 Å². The van der Waals surface area contributed by atoms with Gasteiger partial charge in [0, 0.05) is 14.2 Å². The molecule has 26 heavy (non-hydrogen) atoms. The SMILES string of the molecule is COCOc1ccc(/C=C/c2ccc(C(=O)OC)cc2)cc1OCOC. The van der Waals surface area contributed by atoms with E-state index in [9.17, 15) is 4.79 Å². The molecule has 2 rings (SSSR count). The zero-order chi connectivity index (χ0) is 18.8. The van der Waals surface area contributed by atoms with Crippen LogP contribution >= 0.6 is 0 Å². The van der Waals surface area contributed by atoms with Crippen molar-refractivity contribution in [2.75, 3.05) is 34.9 Å². The molecule has 0 fully saturated rings. The van der Waals surface area contributed by atoms with Crippen molar-refractivity contribution < 1.29 is 28.5 Å². The summed E-state index contributed by atoms with van der Waals surface area (Å²) in [6.07, 6.45) is 3.87. The summed E-state index contributed by atoms with van der Waals surface area (Å²) in [6, 6.07) is 12.7. The van der Waals surface area contributed by atoms with Gasteiger partial charge in [-0.2, -0.15) is 0 Å². The highest BCUT2D eigenvalue weighted by Crippen LogP contribution is 2.29. The Bertz CT molecular complexity index is 736. The minimum atomic E-state index is -0.355. The van der Waals surface area contributed by atoms with Crippen LogP contribution in [0.1, 0.15) is 21.5 Å². The van der Waals surface area contributed by atoms with Crippen LogP contribution in [0.4, 0.5) is 0 Å². The molecule has 0 aliphatic rings. The standard InChI is InChI=1S/C20H22O6/c1-22-13-25-18-11-8-16(12-19(18)26-14-23-2)5-4-15-6-9-17(10-7-15)20(21)24-3/h4-12H,13-14H2,1-3H3/b5-4+. The summed E-state index contributed by atoms with van der Waals surface area (Å²) in [7, 11) is 4.47. The molecule has 0 heterocycles. The fourth-order valence-corrected chi connectivity index (χ4v) is 2.15. The molecule has 138 valence electrons. The van der Waals surface area contributed by atoms with Gasteiger partial charge < -0.3 is 23.7 Å². The maximum absolute atomic E-state index is 11.4. The zero-order valence-corrected chi connectivity index (χ0v) is 15.1. The van der Waals surface area contributed by atoms with Crippen LogP contribution in [0.2, 0.25) is 0 Å². The first-order valence-corrected chi connectivity index (χ1v) is 7.92. The molecule has 0 saturated carbocycles. The van der Waals surface area contributed by atoms with Crippen molar-refractivity contribution in [3.05, 3.63) is 59.2 Å². The number of rotatable bonds is 9. The Morgan fingerprint density at radius 2 is 1.38 bits per heavy atom. The van der Waals surface area contributed by atoms with E-state index >= 15 is 0 Å². The van der Waals surface area contributed by atoms with Crippen molar-refractivity contribution in [3.8, 4) is 11.5 Å². The molecule has 0 spiro atoms. The van der Waals surface area contributed by atoms with Crippen LogP contribution in [-0.2, 0) is 14.2 Å². The van der Waals surface area contributed by atoms with Gasteiger partial charge in [-0.25, -0.2) is 4.79 Å². The quantitative estimate of drug-likeness (QED) is 0.388. The minimum absolute atomic E-state index is 0.117. The van der Waals surface area contributed by atoms with Crippen molar-refractivity contribution in [1.29, 1.82) is 0 Å². The number of esters is 1. The first-order chi connectivity index (χ1) is 12.7. The lowest BCUT2D eigenvalue weighted by molar-refractivity contribution is 0.0322. The van der Waals surface area contributed by atoms with Crippen LogP contribution in [-0.4, -0.2) is 40.9 Å². The van der Waals surface area contributed by atoms with Gasteiger partial charge in [0.15, 0.2) is 25.1 Å². The van der Waals surface area contributed by atoms with E-state index in [1.807, 2.05) is 42.5 Å². The number of benzene rings is 2. The maximum Gasteiger partial charge on any atom is 0.337 e. The summed E-state index contributed by atoms with van der Waals surface area (Å²) in [6.45, 7) is 0.247. The highest BCUT2D eigenvalue weighted by molar-refractivity contribution is 5.89. The predicted molar refractivity (Wildman–Crippen MR) is 98.2 cm³/mol. The van der Waals surface area contributed by atoms with Gasteiger partial charge in [0.2, 0.25) is 0 Å². The first-order valence-electron chi connectivity index (χ1n) is 7.92. The van der Waals surface area contributed by atoms with E-state index in [1.54, 1.807) is 26.4 Å². The van der Waals surface area contributed by atoms with Gasteiger partial charge in [-0.3, -0.25) is 0 Å². The van der Waals surface area contributed by atoms with E-state index in [0.717, 1.165) is 11.1 Å². The van der Waals surface area contributed by atoms with Gasteiger partial charge in [0.1, 0.15) is 0 Å². The number of hydrogen-bond acceptors (Lipinski definition) is 6. The van der Waals surface area contributed by atoms with E-state index in [-0.39, 0.29) is 19.6 Å². The molecule has 2 aromatic carbocycles. The third kappa shape index (κ3) is 5.61. The topological polar surface area (TPSA) is 63.2 Å². The van der Waals surface area contributed by atoms with Crippen LogP contribution in [0, 0.1) is 0 Å². The van der Waals surface area contributed by atoms with Gasteiger partial charge in [-0.15, -0.1) is 0 Å². The predicted octanol–water partition coefficient (Wildman–Crippen LogP) is 3.61. The molecule has 0 aliphatic carbocycles. The van der Waals surface area contributed by atoms with Gasteiger partial charge in [0.05, 0.1) is 12.7 Å². The summed E-state index contributed by atoms with van der Waals surface area (Å²) < 4.78 is 25.6. The lowest BCUT2D eigenvalue weighted by atomic mass is 10.1. The molecule has 0 bridgehead atoms. The normalized spacial score (nSPS) is 10.7. The number of carbonyl (C=O) groups excluding carboxylic acids is 1. The Hall–Kier alpha value is -2.83. The summed E-state index contributed by atoms with van der Waals surface area (Å²) >= 11 is 0. The van der Waals surface area contributed by atoms with Gasteiger partial charge in [-0.1, -0.05) is 30.4 Å². The van der Waals surface area contributed by atoms with Crippen LogP contribution in [0.3, 0.4) is 0 Å². The number of carbonyl (C=O) groups is 1. The number of ether oxygens (including phenoxy) is 5. The number of hydrogen-bond donors (Lipinski definition) is 0. The summed E-state index contributed by atoms with van der Waals surface area (Å²) in [5.41, 5.74) is 2.40. The van der Waals surface area contributed by atoms with Crippen molar-refractivity contribution in [2.45, 2.75) is 0 Å². The largest absolute Gasteiger partial charge is 0.465 e. The van der Waals surface area contributed by atoms with Crippen LogP contribution < -0.4 is 9.47 Å². The second kappa shape index (κ2) is 10.2. The van der Waals surface area contributed by atoms with Gasteiger partial charge in [-0.05, 0) is 35.4 Å². The van der Waals surface area contributed by atoms with E-state index in [2.05, 4.69) is 4.74 Å². The molecule has 0 amide bonds. The molecule has 6 nitrogen and oxygen atoms in total. The summed E-state index contributed by atoms with van der Waals surface area (Å²) in [5.74, 6) is 0.780. The lowest BCUT2D eigenvalue weighted by Gasteiger charge is -2.12. The molecule has 0 aliphatic heterocycles. The van der Waals surface area contributed by atoms with E-state index in [1.165, 1.54) is 7.11 Å². The molecule has 0 N–H and O–H groups in total. The van der Waals surface area contributed by atoms with Crippen molar-refractivity contribution in [3.63, 3.8) is 0 Å². The fraction of sp³-hybridized carbons (Fsp3) is 0.250. The highest BCUT2D eigenvalue weighted by Gasteiger charge is 2.06. The van der Waals surface area contributed by atoms with E-state index in [4.69, 9.17) is 18.9 Å². The average molecular weight is 358 g/mol. The smallest absolute Gasteiger partial charge is 0.337 e. The molecule has 0 atom stereocenters. The molecule has 2 aromatic rings. The molecule has 0 saturated heterocycles. The Morgan fingerprint density at radius 1 is 0.808 bits per heavy atom. The van der Waals surface area contributed by atoms with Crippen molar-refractivity contribution in [2.24, 2.45) is 0 Å². The highest BCUT2D eigenvalue weighted by atomic mass is 16.7. The van der Waals surface area contributed by atoms with Gasteiger partial charge in [0.25, 0.3) is 0 Å². The molecule has 0 aromatic heterocycles. The maximum atomic E-state index is 11.4. The third-order valence-corrected chi connectivity index (χ3v) is 3.43. The second-order valence-corrected chi connectivity index (χ2v) is 5.25. The molecular formula is C20H22O6. The van der Waals surface area contributed by atoms with E-state index in [0.29, 0.717) is 17.1 Å². The monoisotopic (exact) mass is 358 g/mol. The Labute approximate surface area is 152 Å². The summed E-state index contributed by atoms with van der Waals surface area (Å²) in [4.78, 5) is 11.4. The molecule has 0 radical (unpaired) electrons. The number of methoxy groups -OCH3 is 3. The fourth-order valence-electron chi connectivity index (χ4n) is 2.15. The van der Waals surface area contributed by atoms with Crippen LogP contribution in [0.15, 0.2) is 42.5 Å². The first kappa shape index (κ1) is 19.5. The van der Waals surface area contributed by atoms with Crippen LogP contribution in [0.25, 0.3) is 12.2 Å². The Balaban J connectivity index is 2.14. The van der Waals surface area contributed by atoms with Crippen molar-refractivity contribution in [1.82, 2.24) is 0 Å². The third-order valence-electron chi connectivity index (χ3n) is 3.43. The van der Waals surface area contributed by atoms with Gasteiger partial charge >= 0.3 is 5.97 Å². The minimum Gasteiger partial charge on any atom is -0.465 e. The van der Waals surface area contributed by atoms with Crippen LogP contribution in [0.5, 0.6) is 11.5 Å². The zero-order valence-electron chi connectivity index (χ0n) is 15.1. The molecule has 6 heteroatoms. The molecular weight excluding hydrogens is 336 g/mol. The Kier molecular flexibility index (Phi) is 7.67. The summed E-state index contributed by atoms with van der Waals surface area (Å²) in [5, 5.41) is 0. The Morgan fingerprint density at radius 3 is 2.00 bits per heavy atom. The molecule has 0 unspecified atom stereocenters. The van der Waals surface area contributed by atoms with E-state index < -0.39 is 0 Å². The second-order valence-electron chi connectivity index (χ2n) is 5.25. The average Bonchev–Trinajstić information content (AvgIpc) is 2.69. The lowest BCUT2D eigenvalue weighted by Crippen LogP contribution is -2.04.